The summed E-state index contributed by atoms with van der Waals surface area (Å²) in [6, 6.07) is 8.99. The predicted molar refractivity (Wildman–Crippen MR) is 74.5 cm³/mol. The van der Waals surface area contributed by atoms with Crippen molar-refractivity contribution >= 4 is 29.1 Å². The van der Waals surface area contributed by atoms with Gasteiger partial charge in [0, 0.05) is 17.6 Å². The first-order valence-corrected chi connectivity index (χ1v) is 6.85. The van der Waals surface area contributed by atoms with Gasteiger partial charge >= 0.3 is 0 Å². The molecule has 0 saturated heterocycles. The molecular formula is C13H13ClN2OS. The number of hydrogen-bond donors (Lipinski definition) is 0. The van der Waals surface area contributed by atoms with Gasteiger partial charge in [-0.15, -0.1) is 0 Å². The summed E-state index contributed by atoms with van der Waals surface area (Å²) in [4.78, 5) is 12.0. The number of aromatic nitrogens is 2. The molecule has 0 saturated carbocycles. The van der Waals surface area contributed by atoms with Gasteiger partial charge in [0.25, 0.3) is 0 Å². The first-order chi connectivity index (χ1) is 8.56. The average molecular weight is 281 g/mol. The molecule has 0 aliphatic rings. The van der Waals surface area contributed by atoms with Crippen molar-refractivity contribution in [2.24, 2.45) is 7.05 Å². The van der Waals surface area contributed by atoms with Crippen molar-refractivity contribution < 1.29 is 4.79 Å². The standard InChI is InChI=1S/C13H13ClN2OS/c1-9-6-13(16(2)15-9)18-8-12(17)10-4-3-5-11(14)7-10/h3-7H,8H2,1-2H3. The van der Waals surface area contributed by atoms with Gasteiger partial charge in [-0.25, -0.2) is 0 Å². The third kappa shape index (κ3) is 3.15. The van der Waals surface area contributed by atoms with E-state index in [4.69, 9.17) is 11.6 Å². The Balaban J connectivity index is 2.02. The zero-order chi connectivity index (χ0) is 13.1. The van der Waals surface area contributed by atoms with Crippen molar-refractivity contribution in [3.63, 3.8) is 0 Å². The predicted octanol–water partition coefficient (Wildman–Crippen LogP) is 3.36. The van der Waals surface area contributed by atoms with Crippen molar-refractivity contribution in [3.8, 4) is 0 Å². The van der Waals surface area contributed by atoms with E-state index >= 15 is 0 Å². The maximum atomic E-state index is 12.0. The molecule has 0 spiro atoms. The molecule has 18 heavy (non-hydrogen) atoms. The highest BCUT2D eigenvalue weighted by Crippen LogP contribution is 2.20. The van der Waals surface area contributed by atoms with Crippen molar-refractivity contribution in [2.45, 2.75) is 11.9 Å². The number of carbonyl (C=O) groups is 1. The van der Waals surface area contributed by atoms with Crippen LogP contribution in [0.25, 0.3) is 0 Å². The van der Waals surface area contributed by atoms with Gasteiger partial charge in [0.05, 0.1) is 16.5 Å². The van der Waals surface area contributed by atoms with Crippen molar-refractivity contribution in [2.75, 3.05) is 5.75 Å². The second-order valence-electron chi connectivity index (χ2n) is 3.97. The van der Waals surface area contributed by atoms with E-state index in [0.717, 1.165) is 10.7 Å². The number of hydrogen-bond acceptors (Lipinski definition) is 3. The zero-order valence-corrected chi connectivity index (χ0v) is 11.8. The van der Waals surface area contributed by atoms with Crippen molar-refractivity contribution in [1.29, 1.82) is 0 Å². The van der Waals surface area contributed by atoms with Crippen molar-refractivity contribution in [3.05, 3.63) is 46.6 Å². The maximum Gasteiger partial charge on any atom is 0.173 e. The minimum absolute atomic E-state index is 0.0707. The highest BCUT2D eigenvalue weighted by molar-refractivity contribution is 7.99. The molecule has 0 bridgehead atoms. The number of rotatable bonds is 4. The van der Waals surface area contributed by atoms with E-state index in [-0.39, 0.29) is 5.78 Å². The van der Waals surface area contributed by atoms with Gasteiger partial charge in [0.1, 0.15) is 0 Å². The normalized spacial score (nSPS) is 10.6. The van der Waals surface area contributed by atoms with Crippen LogP contribution in [-0.2, 0) is 7.05 Å². The quantitative estimate of drug-likeness (QED) is 0.636. The minimum atomic E-state index is 0.0707. The van der Waals surface area contributed by atoms with Crippen LogP contribution in [0.2, 0.25) is 5.02 Å². The van der Waals surface area contributed by atoms with Crippen molar-refractivity contribution in [1.82, 2.24) is 9.78 Å². The Labute approximate surface area is 115 Å². The fraction of sp³-hybridized carbons (Fsp3) is 0.231. The molecule has 3 nitrogen and oxygen atoms in total. The van der Waals surface area contributed by atoms with E-state index in [2.05, 4.69) is 5.10 Å². The Morgan fingerprint density at radius 2 is 2.22 bits per heavy atom. The number of nitrogens with zero attached hydrogens (tertiary/aromatic N) is 2. The molecule has 0 atom stereocenters. The Bertz CT molecular complexity index is 580. The Hall–Kier alpha value is -1.26. The number of carbonyl (C=O) groups excluding carboxylic acids is 1. The van der Waals surface area contributed by atoms with Gasteiger partial charge in [0.2, 0.25) is 0 Å². The third-order valence-electron chi connectivity index (χ3n) is 2.46. The fourth-order valence-electron chi connectivity index (χ4n) is 1.61. The number of ketones is 1. The molecular weight excluding hydrogens is 268 g/mol. The van der Waals surface area contributed by atoms with Crippen LogP contribution in [-0.4, -0.2) is 21.3 Å². The third-order valence-corrected chi connectivity index (χ3v) is 3.78. The first-order valence-electron chi connectivity index (χ1n) is 5.48. The summed E-state index contributed by atoms with van der Waals surface area (Å²) in [7, 11) is 1.87. The minimum Gasteiger partial charge on any atom is -0.293 e. The van der Waals surface area contributed by atoms with Gasteiger partial charge < -0.3 is 0 Å². The van der Waals surface area contributed by atoms with Crippen LogP contribution in [0.1, 0.15) is 16.1 Å². The monoisotopic (exact) mass is 280 g/mol. The molecule has 0 aliphatic carbocycles. The molecule has 0 unspecified atom stereocenters. The lowest BCUT2D eigenvalue weighted by Crippen LogP contribution is -2.03. The summed E-state index contributed by atoms with van der Waals surface area (Å²) in [6.45, 7) is 1.93. The van der Waals surface area contributed by atoms with Gasteiger partial charge in [0.15, 0.2) is 5.78 Å². The molecule has 0 aliphatic heterocycles. The molecule has 2 aromatic rings. The molecule has 0 fully saturated rings. The Morgan fingerprint density at radius 1 is 1.44 bits per heavy atom. The molecule has 0 radical (unpaired) electrons. The van der Waals surface area contributed by atoms with E-state index in [9.17, 15) is 4.79 Å². The Kier molecular flexibility index (Phi) is 4.09. The summed E-state index contributed by atoms with van der Waals surface area (Å²) in [6.07, 6.45) is 0. The van der Waals surface area contributed by atoms with Crippen LogP contribution in [0.3, 0.4) is 0 Å². The van der Waals surface area contributed by atoms with Gasteiger partial charge in [-0.3, -0.25) is 9.48 Å². The number of Topliss-reactive ketones (excluding diaryl/α,β-unsaturated/α-hetero) is 1. The lowest BCUT2D eigenvalue weighted by Gasteiger charge is -2.02. The molecule has 0 amide bonds. The van der Waals surface area contributed by atoms with E-state index in [0.29, 0.717) is 16.3 Å². The topological polar surface area (TPSA) is 34.9 Å². The Morgan fingerprint density at radius 3 is 2.83 bits per heavy atom. The lowest BCUT2D eigenvalue weighted by molar-refractivity contribution is 0.102. The summed E-state index contributed by atoms with van der Waals surface area (Å²) in [5.41, 5.74) is 1.60. The first kappa shape index (κ1) is 13.2. The van der Waals surface area contributed by atoms with Gasteiger partial charge in [-0.1, -0.05) is 35.5 Å². The van der Waals surface area contributed by atoms with E-state index in [1.165, 1.54) is 11.8 Å². The van der Waals surface area contributed by atoms with E-state index in [1.54, 1.807) is 28.9 Å². The smallest absolute Gasteiger partial charge is 0.173 e. The number of aryl methyl sites for hydroxylation is 2. The highest BCUT2D eigenvalue weighted by Gasteiger charge is 2.09. The maximum absolute atomic E-state index is 12.0. The largest absolute Gasteiger partial charge is 0.293 e. The summed E-state index contributed by atoms with van der Waals surface area (Å²) in [5.74, 6) is 0.459. The lowest BCUT2D eigenvalue weighted by atomic mass is 10.1. The van der Waals surface area contributed by atoms with Gasteiger partial charge in [-0.2, -0.15) is 5.10 Å². The van der Waals surface area contributed by atoms with E-state index < -0.39 is 0 Å². The summed E-state index contributed by atoms with van der Waals surface area (Å²) < 4.78 is 1.78. The number of benzene rings is 1. The molecule has 0 N–H and O–H groups in total. The second-order valence-corrected chi connectivity index (χ2v) is 5.40. The average Bonchev–Trinajstić information content (AvgIpc) is 2.65. The van der Waals surface area contributed by atoms with Gasteiger partial charge in [-0.05, 0) is 25.1 Å². The number of halogens is 1. The van der Waals surface area contributed by atoms with Crippen LogP contribution < -0.4 is 0 Å². The van der Waals surface area contributed by atoms with Crippen LogP contribution >= 0.6 is 23.4 Å². The summed E-state index contributed by atoms with van der Waals surface area (Å²) >= 11 is 7.35. The van der Waals surface area contributed by atoms with E-state index in [1.807, 2.05) is 20.0 Å². The molecule has 1 aromatic heterocycles. The van der Waals surface area contributed by atoms with Crippen LogP contribution in [0.4, 0.5) is 0 Å². The molecule has 5 heteroatoms. The SMILES string of the molecule is Cc1cc(SCC(=O)c2cccc(Cl)c2)n(C)n1. The molecule has 1 aromatic carbocycles. The summed E-state index contributed by atoms with van der Waals surface area (Å²) in [5, 5.41) is 5.81. The zero-order valence-electron chi connectivity index (χ0n) is 10.2. The second kappa shape index (κ2) is 5.59. The van der Waals surface area contributed by atoms with Crippen LogP contribution in [0.5, 0.6) is 0 Å². The molecule has 1 heterocycles. The molecule has 2 rings (SSSR count). The highest BCUT2D eigenvalue weighted by atomic mass is 35.5. The van der Waals surface area contributed by atoms with Crippen LogP contribution in [0, 0.1) is 6.92 Å². The number of thioether (sulfide) groups is 1. The van der Waals surface area contributed by atoms with Crippen LogP contribution in [0.15, 0.2) is 35.4 Å². The fourth-order valence-corrected chi connectivity index (χ4v) is 2.72. The molecule has 94 valence electrons.